The highest BCUT2D eigenvalue weighted by molar-refractivity contribution is 5.74. The van der Waals surface area contributed by atoms with Crippen molar-refractivity contribution in [3.63, 3.8) is 0 Å². The van der Waals surface area contributed by atoms with Crippen molar-refractivity contribution in [1.29, 1.82) is 0 Å². The van der Waals surface area contributed by atoms with Crippen LogP contribution < -0.4 is 10.6 Å². The second-order valence-corrected chi connectivity index (χ2v) is 4.81. The van der Waals surface area contributed by atoms with Crippen LogP contribution in [0.2, 0.25) is 0 Å². The van der Waals surface area contributed by atoms with Crippen molar-refractivity contribution in [3.05, 3.63) is 17.3 Å². The normalized spacial score (nSPS) is 11.3. The van der Waals surface area contributed by atoms with Gasteiger partial charge in [-0.3, -0.25) is 0 Å². The molecule has 90 valence electrons. The van der Waals surface area contributed by atoms with Crippen LogP contribution in [0.1, 0.15) is 38.1 Å². The summed E-state index contributed by atoms with van der Waals surface area (Å²) in [5.41, 5.74) is 0.611. The quantitative estimate of drug-likeness (QED) is 0.807. The third-order valence-electron chi connectivity index (χ3n) is 1.96. The third-order valence-corrected chi connectivity index (χ3v) is 1.96. The van der Waals surface area contributed by atoms with Crippen LogP contribution in [0, 0.1) is 13.8 Å². The number of rotatable bonds is 2. The van der Waals surface area contributed by atoms with Crippen molar-refractivity contribution in [1.82, 2.24) is 15.6 Å². The minimum Gasteiger partial charge on any atom is -0.444 e. The summed E-state index contributed by atoms with van der Waals surface area (Å²) in [6, 6.07) is -0.221. The van der Waals surface area contributed by atoms with Crippen LogP contribution >= 0.6 is 0 Å². The molecule has 5 heteroatoms. The SMILES string of the molecule is Cc1nc(CNC(=O)NC(C)(C)C)oc1C. The molecule has 0 bridgehead atoms. The third kappa shape index (κ3) is 3.92. The Morgan fingerprint density at radius 3 is 2.44 bits per heavy atom. The van der Waals surface area contributed by atoms with E-state index in [0.29, 0.717) is 12.4 Å². The number of nitrogens with one attached hydrogen (secondary N) is 2. The molecule has 2 amide bonds. The first-order valence-electron chi connectivity index (χ1n) is 5.27. The summed E-state index contributed by atoms with van der Waals surface area (Å²) < 4.78 is 5.34. The van der Waals surface area contributed by atoms with Gasteiger partial charge in [0.2, 0.25) is 5.89 Å². The number of amides is 2. The number of oxazole rings is 1. The fourth-order valence-corrected chi connectivity index (χ4v) is 1.16. The van der Waals surface area contributed by atoms with Crippen LogP contribution in [0.5, 0.6) is 0 Å². The molecule has 1 rings (SSSR count). The molecule has 0 aliphatic rings. The molecule has 0 aliphatic carbocycles. The Bertz CT molecular complexity index is 358. The molecule has 0 unspecified atom stereocenters. The lowest BCUT2D eigenvalue weighted by atomic mass is 10.1. The van der Waals surface area contributed by atoms with E-state index >= 15 is 0 Å². The number of nitrogens with zero attached hydrogens (tertiary/aromatic N) is 1. The lowest BCUT2D eigenvalue weighted by Gasteiger charge is -2.20. The van der Waals surface area contributed by atoms with Crippen molar-refractivity contribution in [2.45, 2.75) is 46.7 Å². The fraction of sp³-hybridized carbons (Fsp3) is 0.636. The Labute approximate surface area is 95.6 Å². The van der Waals surface area contributed by atoms with Crippen molar-refractivity contribution < 1.29 is 9.21 Å². The molecule has 0 saturated heterocycles. The van der Waals surface area contributed by atoms with Crippen LogP contribution in [0.4, 0.5) is 4.79 Å². The van der Waals surface area contributed by atoms with E-state index in [9.17, 15) is 4.79 Å². The molecule has 0 aliphatic heterocycles. The average Bonchev–Trinajstić information content (AvgIpc) is 2.40. The van der Waals surface area contributed by atoms with Gasteiger partial charge >= 0.3 is 6.03 Å². The molecule has 0 atom stereocenters. The Hall–Kier alpha value is -1.52. The summed E-state index contributed by atoms with van der Waals surface area (Å²) in [6.45, 7) is 9.79. The van der Waals surface area contributed by atoms with E-state index in [1.54, 1.807) is 0 Å². The zero-order valence-electron chi connectivity index (χ0n) is 10.5. The molecule has 2 N–H and O–H groups in total. The van der Waals surface area contributed by atoms with Gasteiger partial charge in [-0.15, -0.1) is 0 Å². The molecule has 1 aromatic heterocycles. The van der Waals surface area contributed by atoms with Crippen LogP contribution in [-0.4, -0.2) is 16.6 Å². The van der Waals surface area contributed by atoms with Gasteiger partial charge in [0.15, 0.2) is 0 Å². The van der Waals surface area contributed by atoms with Gasteiger partial charge in [0.05, 0.1) is 12.2 Å². The number of carbonyl (C=O) groups excluding carboxylic acids is 1. The van der Waals surface area contributed by atoms with Gasteiger partial charge in [-0.1, -0.05) is 0 Å². The first-order valence-corrected chi connectivity index (χ1v) is 5.27. The predicted molar refractivity (Wildman–Crippen MR) is 61.1 cm³/mol. The van der Waals surface area contributed by atoms with Gasteiger partial charge in [0.1, 0.15) is 5.76 Å². The van der Waals surface area contributed by atoms with Crippen molar-refractivity contribution in [2.75, 3.05) is 0 Å². The number of carbonyl (C=O) groups is 1. The summed E-state index contributed by atoms with van der Waals surface area (Å²) >= 11 is 0. The molecule has 0 radical (unpaired) electrons. The average molecular weight is 225 g/mol. The van der Waals surface area contributed by atoms with Gasteiger partial charge in [-0.25, -0.2) is 9.78 Å². The summed E-state index contributed by atoms with van der Waals surface area (Å²) in [4.78, 5) is 15.6. The van der Waals surface area contributed by atoms with E-state index in [-0.39, 0.29) is 11.6 Å². The van der Waals surface area contributed by atoms with Crippen molar-refractivity contribution in [2.24, 2.45) is 0 Å². The molecule has 1 heterocycles. The number of aryl methyl sites for hydroxylation is 2. The first-order chi connectivity index (χ1) is 7.28. The molecule has 0 spiro atoms. The fourth-order valence-electron chi connectivity index (χ4n) is 1.16. The second kappa shape index (κ2) is 4.55. The van der Waals surface area contributed by atoms with E-state index in [4.69, 9.17) is 4.42 Å². The Morgan fingerprint density at radius 1 is 1.38 bits per heavy atom. The Kier molecular flexibility index (Phi) is 3.57. The zero-order chi connectivity index (χ0) is 12.3. The van der Waals surface area contributed by atoms with Crippen LogP contribution in [0.15, 0.2) is 4.42 Å². The summed E-state index contributed by atoms with van der Waals surface area (Å²) in [5.74, 6) is 1.31. The highest BCUT2D eigenvalue weighted by Gasteiger charge is 2.14. The Balaban J connectivity index is 2.43. The minimum atomic E-state index is -0.244. The van der Waals surface area contributed by atoms with Gasteiger partial charge in [-0.05, 0) is 34.6 Å². The predicted octanol–water partition coefficient (Wildman–Crippen LogP) is 1.89. The summed E-state index contributed by atoms with van der Waals surface area (Å²) in [5, 5.41) is 5.48. The molecule has 0 fully saturated rings. The largest absolute Gasteiger partial charge is 0.444 e. The monoisotopic (exact) mass is 225 g/mol. The van der Waals surface area contributed by atoms with Gasteiger partial charge in [-0.2, -0.15) is 0 Å². The van der Waals surface area contributed by atoms with E-state index < -0.39 is 0 Å². The highest BCUT2D eigenvalue weighted by Crippen LogP contribution is 2.07. The van der Waals surface area contributed by atoms with Gasteiger partial charge < -0.3 is 15.1 Å². The summed E-state index contributed by atoms with van der Waals surface area (Å²) in [7, 11) is 0. The Morgan fingerprint density at radius 2 is 2.00 bits per heavy atom. The van der Waals surface area contributed by atoms with Gasteiger partial charge in [0.25, 0.3) is 0 Å². The lowest BCUT2D eigenvalue weighted by molar-refractivity contribution is 0.230. The van der Waals surface area contributed by atoms with E-state index in [1.807, 2.05) is 34.6 Å². The van der Waals surface area contributed by atoms with Gasteiger partial charge in [0, 0.05) is 5.54 Å². The molecule has 0 aromatic carbocycles. The summed E-state index contributed by atoms with van der Waals surface area (Å²) in [6.07, 6.45) is 0. The van der Waals surface area contributed by atoms with Crippen LogP contribution in [0.25, 0.3) is 0 Å². The molecule has 0 saturated carbocycles. The number of hydrogen-bond acceptors (Lipinski definition) is 3. The molecular formula is C11H19N3O2. The number of urea groups is 1. The maximum Gasteiger partial charge on any atom is 0.315 e. The van der Waals surface area contributed by atoms with Crippen molar-refractivity contribution in [3.8, 4) is 0 Å². The molecular weight excluding hydrogens is 206 g/mol. The highest BCUT2D eigenvalue weighted by atomic mass is 16.4. The number of aromatic nitrogens is 1. The first kappa shape index (κ1) is 12.5. The van der Waals surface area contributed by atoms with E-state index in [0.717, 1.165) is 11.5 Å². The topological polar surface area (TPSA) is 67.2 Å². The molecule has 16 heavy (non-hydrogen) atoms. The molecule has 1 aromatic rings. The van der Waals surface area contributed by atoms with Crippen LogP contribution in [0.3, 0.4) is 0 Å². The lowest BCUT2D eigenvalue weighted by Crippen LogP contribution is -2.46. The molecule has 5 nitrogen and oxygen atoms in total. The second-order valence-electron chi connectivity index (χ2n) is 4.81. The number of hydrogen-bond donors (Lipinski definition) is 2. The van der Waals surface area contributed by atoms with Crippen LogP contribution in [-0.2, 0) is 6.54 Å². The van der Waals surface area contributed by atoms with Crippen molar-refractivity contribution >= 4 is 6.03 Å². The maximum atomic E-state index is 11.4. The zero-order valence-corrected chi connectivity index (χ0v) is 10.5. The smallest absolute Gasteiger partial charge is 0.315 e. The van der Waals surface area contributed by atoms with E-state index in [2.05, 4.69) is 15.6 Å². The minimum absolute atomic E-state index is 0.221. The standard InChI is InChI=1S/C11H19N3O2/c1-7-8(2)16-9(13-7)6-12-10(15)14-11(3,4)5/h6H2,1-5H3,(H2,12,14,15). The maximum absolute atomic E-state index is 11.4. The van der Waals surface area contributed by atoms with E-state index in [1.165, 1.54) is 0 Å².